The normalized spacial score (nSPS) is 11.1. The molecule has 1 N–H and O–H groups in total. The summed E-state index contributed by atoms with van der Waals surface area (Å²) in [5, 5.41) is 3.43. The molecule has 0 amide bonds. The van der Waals surface area contributed by atoms with Crippen LogP contribution in [0.1, 0.15) is 34.7 Å². The fourth-order valence-corrected chi connectivity index (χ4v) is 2.89. The van der Waals surface area contributed by atoms with Gasteiger partial charge < -0.3 is 10.1 Å². The van der Waals surface area contributed by atoms with Crippen molar-refractivity contribution in [3.63, 3.8) is 0 Å². The van der Waals surface area contributed by atoms with Gasteiger partial charge in [0.2, 0.25) is 0 Å². The van der Waals surface area contributed by atoms with Gasteiger partial charge >= 0.3 is 0 Å². The third-order valence-corrected chi connectivity index (χ3v) is 4.16. The first-order valence-electron chi connectivity index (χ1n) is 7.05. The van der Waals surface area contributed by atoms with Gasteiger partial charge in [-0.05, 0) is 37.6 Å². The Bertz CT molecular complexity index is 560. The van der Waals surface area contributed by atoms with E-state index in [0.717, 1.165) is 12.3 Å². The monoisotopic (exact) mass is 289 g/mol. The van der Waals surface area contributed by atoms with E-state index in [0.29, 0.717) is 12.6 Å². The van der Waals surface area contributed by atoms with Gasteiger partial charge in [-0.3, -0.25) is 0 Å². The first-order chi connectivity index (χ1) is 9.54. The third kappa shape index (κ3) is 4.36. The highest BCUT2D eigenvalue weighted by Gasteiger charge is 2.04. The third-order valence-electron chi connectivity index (χ3n) is 3.10. The Balaban J connectivity index is 1.90. The van der Waals surface area contributed by atoms with Crippen LogP contribution < -0.4 is 10.1 Å². The van der Waals surface area contributed by atoms with E-state index in [1.54, 1.807) is 0 Å². The average molecular weight is 289 g/mol. The van der Waals surface area contributed by atoms with Gasteiger partial charge in [0.05, 0.1) is 0 Å². The van der Waals surface area contributed by atoms with Crippen LogP contribution >= 0.6 is 11.3 Å². The van der Waals surface area contributed by atoms with E-state index in [1.807, 2.05) is 11.3 Å². The summed E-state index contributed by atoms with van der Waals surface area (Å²) < 4.78 is 5.91. The Hall–Kier alpha value is -1.32. The number of thiophene rings is 1. The van der Waals surface area contributed by atoms with E-state index in [-0.39, 0.29) is 0 Å². The Morgan fingerprint density at radius 1 is 1.10 bits per heavy atom. The number of ether oxygens (including phenoxy) is 1. The van der Waals surface area contributed by atoms with Gasteiger partial charge in [0, 0.05) is 22.3 Å². The number of hydrogen-bond acceptors (Lipinski definition) is 3. The molecule has 0 bridgehead atoms. The highest BCUT2D eigenvalue weighted by atomic mass is 32.1. The zero-order valence-corrected chi connectivity index (χ0v) is 13.5. The minimum atomic E-state index is 0.520. The number of hydrogen-bond donors (Lipinski definition) is 1. The summed E-state index contributed by atoms with van der Waals surface area (Å²) in [6, 6.07) is 11.2. The van der Waals surface area contributed by atoms with E-state index in [4.69, 9.17) is 4.74 Å². The molecule has 20 heavy (non-hydrogen) atoms. The van der Waals surface area contributed by atoms with Crippen LogP contribution in [0.2, 0.25) is 0 Å². The van der Waals surface area contributed by atoms with Crippen LogP contribution in [0.3, 0.4) is 0 Å². The van der Waals surface area contributed by atoms with Crippen LogP contribution in [0.5, 0.6) is 5.75 Å². The van der Waals surface area contributed by atoms with Gasteiger partial charge in [0.15, 0.2) is 0 Å². The van der Waals surface area contributed by atoms with Crippen LogP contribution in [-0.2, 0) is 13.2 Å². The van der Waals surface area contributed by atoms with Gasteiger partial charge in [-0.2, -0.15) is 0 Å². The molecule has 3 heteroatoms. The highest BCUT2D eigenvalue weighted by molar-refractivity contribution is 7.11. The maximum atomic E-state index is 5.91. The van der Waals surface area contributed by atoms with E-state index in [9.17, 15) is 0 Å². The second-order valence-corrected chi connectivity index (χ2v) is 6.71. The Labute approximate surface area is 125 Å². The largest absolute Gasteiger partial charge is 0.488 e. The first-order valence-corrected chi connectivity index (χ1v) is 7.87. The maximum absolute atomic E-state index is 5.91. The summed E-state index contributed by atoms with van der Waals surface area (Å²) in [6.07, 6.45) is 0. The molecule has 0 atom stereocenters. The molecule has 2 nitrogen and oxygen atoms in total. The fraction of sp³-hybridized carbons (Fsp3) is 0.412. The van der Waals surface area contributed by atoms with Crippen LogP contribution in [0.25, 0.3) is 0 Å². The average Bonchev–Trinajstić information content (AvgIpc) is 2.83. The lowest BCUT2D eigenvalue weighted by Crippen LogP contribution is -2.21. The molecule has 1 aromatic heterocycles. The van der Waals surface area contributed by atoms with Crippen molar-refractivity contribution < 1.29 is 4.74 Å². The summed E-state index contributed by atoms with van der Waals surface area (Å²) in [5.74, 6) is 0.978. The molecule has 0 aliphatic heterocycles. The summed E-state index contributed by atoms with van der Waals surface area (Å²) in [7, 11) is 0. The lowest BCUT2D eigenvalue weighted by atomic mass is 10.1. The lowest BCUT2D eigenvalue weighted by Gasteiger charge is -2.08. The van der Waals surface area contributed by atoms with Crippen molar-refractivity contribution in [1.82, 2.24) is 5.32 Å². The van der Waals surface area contributed by atoms with E-state index < -0.39 is 0 Å². The quantitative estimate of drug-likeness (QED) is 0.848. The second-order valence-electron chi connectivity index (χ2n) is 5.46. The molecular formula is C17H23NOS. The zero-order valence-electron chi connectivity index (χ0n) is 12.7. The molecule has 2 rings (SSSR count). The molecule has 0 radical (unpaired) electrons. The van der Waals surface area contributed by atoms with E-state index >= 15 is 0 Å². The lowest BCUT2D eigenvalue weighted by molar-refractivity contribution is 0.307. The standard InChI is InChI=1S/C17H23NOS/c1-12(2)18-10-15-6-7-16(20-15)11-19-17-8-5-13(3)9-14(17)4/h5-9,12,18H,10-11H2,1-4H3. The second kappa shape index (κ2) is 6.91. The summed E-state index contributed by atoms with van der Waals surface area (Å²) in [5.41, 5.74) is 2.47. The number of benzene rings is 1. The van der Waals surface area contributed by atoms with Gasteiger partial charge in [-0.15, -0.1) is 11.3 Å². The highest BCUT2D eigenvalue weighted by Crippen LogP contribution is 2.22. The molecule has 0 saturated carbocycles. The van der Waals surface area contributed by atoms with E-state index in [1.165, 1.54) is 20.9 Å². The summed E-state index contributed by atoms with van der Waals surface area (Å²) in [6.45, 7) is 10.1. The minimum absolute atomic E-state index is 0.520. The summed E-state index contributed by atoms with van der Waals surface area (Å²) >= 11 is 1.82. The molecule has 0 unspecified atom stereocenters. The van der Waals surface area contributed by atoms with Crippen molar-refractivity contribution >= 4 is 11.3 Å². The maximum Gasteiger partial charge on any atom is 0.122 e. The molecule has 1 heterocycles. The molecule has 108 valence electrons. The number of aryl methyl sites for hydroxylation is 2. The molecule has 0 aliphatic carbocycles. The SMILES string of the molecule is Cc1ccc(OCc2ccc(CNC(C)C)s2)c(C)c1. The number of rotatable bonds is 6. The predicted octanol–water partition coefficient (Wildman–Crippen LogP) is 4.44. The van der Waals surface area contributed by atoms with Gasteiger partial charge in [0.25, 0.3) is 0 Å². The number of nitrogens with one attached hydrogen (secondary N) is 1. The van der Waals surface area contributed by atoms with Crippen molar-refractivity contribution in [2.24, 2.45) is 0 Å². The van der Waals surface area contributed by atoms with Gasteiger partial charge in [0.1, 0.15) is 12.4 Å². The summed E-state index contributed by atoms with van der Waals surface area (Å²) in [4.78, 5) is 2.63. The fourth-order valence-electron chi connectivity index (χ4n) is 2.01. The molecule has 0 fully saturated rings. The van der Waals surface area contributed by atoms with Crippen LogP contribution in [-0.4, -0.2) is 6.04 Å². The molecule has 0 saturated heterocycles. The van der Waals surface area contributed by atoms with Gasteiger partial charge in [-0.1, -0.05) is 31.5 Å². The molecule has 1 aromatic carbocycles. The Morgan fingerprint density at radius 2 is 1.85 bits per heavy atom. The minimum Gasteiger partial charge on any atom is -0.488 e. The Kier molecular flexibility index (Phi) is 5.21. The van der Waals surface area contributed by atoms with Crippen molar-refractivity contribution in [3.05, 3.63) is 51.2 Å². The van der Waals surface area contributed by atoms with Crippen molar-refractivity contribution in [1.29, 1.82) is 0 Å². The topological polar surface area (TPSA) is 21.3 Å². The molecule has 0 aliphatic rings. The van der Waals surface area contributed by atoms with Crippen molar-refractivity contribution in [3.8, 4) is 5.75 Å². The Morgan fingerprint density at radius 3 is 2.55 bits per heavy atom. The zero-order chi connectivity index (χ0) is 14.5. The predicted molar refractivity (Wildman–Crippen MR) is 86.5 cm³/mol. The van der Waals surface area contributed by atoms with Crippen molar-refractivity contribution in [2.45, 2.75) is 46.9 Å². The van der Waals surface area contributed by atoms with Crippen LogP contribution in [0.15, 0.2) is 30.3 Å². The van der Waals surface area contributed by atoms with Crippen LogP contribution in [0.4, 0.5) is 0 Å². The molecule has 2 aromatic rings. The molecular weight excluding hydrogens is 266 g/mol. The smallest absolute Gasteiger partial charge is 0.122 e. The first kappa shape index (κ1) is 15.1. The van der Waals surface area contributed by atoms with Crippen molar-refractivity contribution in [2.75, 3.05) is 0 Å². The molecule has 0 spiro atoms. The van der Waals surface area contributed by atoms with E-state index in [2.05, 4.69) is 63.3 Å². The van der Waals surface area contributed by atoms with Crippen LogP contribution in [0, 0.1) is 13.8 Å². The van der Waals surface area contributed by atoms with Gasteiger partial charge in [-0.25, -0.2) is 0 Å².